The number of methoxy groups -OCH3 is 1. The summed E-state index contributed by atoms with van der Waals surface area (Å²) in [5.41, 5.74) is -0.252. The van der Waals surface area contributed by atoms with Gasteiger partial charge < -0.3 is 4.74 Å². The number of hydrogen-bond acceptors (Lipinski definition) is 2. The van der Waals surface area contributed by atoms with E-state index in [1.807, 2.05) is 6.08 Å². The molecular weight excluding hydrogens is 162 g/mol. The second-order valence-corrected chi connectivity index (χ2v) is 2.93. The highest BCUT2D eigenvalue weighted by molar-refractivity contribution is 6.14. The summed E-state index contributed by atoms with van der Waals surface area (Å²) in [7, 11) is 1.59. The molecule has 1 aliphatic rings. The van der Waals surface area contributed by atoms with E-state index in [0.29, 0.717) is 11.7 Å². The Morgan fingerprint density at radius 3 is 2.82 bits per heavy atom. The fourth-order valence-electron chi connectivity index (χ4n) is 1.24. The number of ether oxygens (including phenoxy) is 1. The molecule has 2 nitrogen and oxygen atoms in total. The van der Waals surface area contributed by atoms with Crippen LogP contribution < -0.4 is 4.84 Å². The molecular formula is C8H12ClNO. The van der Waals surface area contributed by atoms with Crippen molar-refractivity contribution >= 4 is 11.8 Å². The zero-order chi connectivity index (χ0) is 8.48. The third-order valence-electron chi connectivity index (χ3n) is 2.21. The third-order valence-corrected chi connectivity index (χ3v) is 2.55. The van der Waals surface area contributed by atoms with Gasteiger partial charge >= 0.3 is 0 Å². The Balaban J connectivity index is 2.66. The van der Waals surface area contributed by atoms with Crippen LogP contribution in [0.3, 0.4) is 0 Å². The van der Waals surface area contributed by atoms with Crippen molar-refractivity contribution in [2.24, 2.45) is 5.92 Å². The van der Waals surface area contributed by atoms with Crippen molar-refractivity contribution in [2.75, 3.05) is 7.11 Å². The minimum atomic E-state index is -0.252. The lowest BCUT2D eigenvalue weighted by Crippen LogP contribution is -2.28. The Hall–Kier alpha value is -0.470. The Morgan fingerprint density at radius 2 is 2.55 bits per heavy atom. The van der Waals surface area contributed by atoms with Crippen molar-refractivity contribution in [1.82, 2.24) is 4.84 Å². The fourth-order valence-corrected chi connectivity index (χ4v) is 1.56. The van der Waals surface area contributed by atoms with Gasteiger partial charge in [0.25, 0.3) is 0 Å². The van der Waals surface area contributed by atoms with Crippen LogP contribution in [0, 0.1) is 5.92 Å². The van der Waals surface area contributed by atoms with Gasteiger partial charge in [-0.15, -0.1) is 6.58 Å². The van der Waals surface area contributed by atoms with Crippen LogP contribution in [-0.4, -0.2) is 12.6 Å². The van der Waals surface area contributed by atoms with Crippen LogP contribution in [0.15, 0.2) is 25.0 Å². The first-order valence-electron chi connectivity index (χ1n) is 3.45. The molecule has 1 fully saturated rings. The first-order chi connectivity index (χ1) is 5.21. The zero-order valence-corrected chi connectivity index (χ0v) is 7.32. The Bertz CT molecular complexity index is 193. The molecule has 0 aromatic heterocycles. The van der Waals surface area contributed by atoms with E-state index in [9.17, 15) is 0 Å². The largest absolute Gasteiger partial charge is 0.500 e. The highest BCUT2D eigenvalue weighted by Gasteiger charge is 2.55. The van der Waals surface area contributed by atoms with Crippen molar-refractivity contribution in [3.8, 4) is 0 Å². The van der Waals surface area contributed by atoms with E-state index in [1.165, 1.54) is 0 Å². The summed E-state index contributed by atoms with van der Waals surface area (Å²) in [4.78, 5) is 2.68. The van der Waals surface area contributed by atoms with E-state index >= 15 is 0 Å². The van der Waals surface area contributed by atoms with Gasteiger partial charge in [0.05, 0.1) is 12.6 Å². The predicted molar refractivity (Wildman–Crippen MR) is 46.2 cm³/mol. The zero-order valence-electron chi connectivity index (χ0n) is 6.56. The van der Waals surface area contributed by atoms with Gasteiger partial charge in [-0.25, -0.2) is 4.84 Å². The minimum Gasteiger partial charge on any atom is -0.500 e. The molecule has 62 valence electrons. The van der Waals surface area contributed by atoms with E-state index in [-0.39, 0.29) is 5.54 Å². The van der Waals surface area contributed by atoms with Crippen LogP contribution in [0.5, 0.6) is 0 Å². The van der Waals surface area contributed by atoms with E-state index in [2.05, 4.69) is 18.0 Å². The van der Waals surface area contributed by atoms with Crippen molar-refractivity contribution in [3.63, 3.8) is 0 Å². The molecule has 0 saturated heterocycles. The molecule has 0 amide bonds. The van der Waals surface area contributed by atoms with Crippen LogP contribution >= 0.6 is 11.8 Å². The number of nitrogens with one attached hydrogen (secondary N) is 1. The molecule has 11 heavy (non-hydrogen) atoms. The van der Waals surface area contributed by atoms with E-state index in [1.54, 1.807) is 7.11 Å². The van der Waals surface area contributed by atoms with E-state index in [4.69, 9.17) is 16.5 Å². The molecule has 0 aromatic carbocycles. The lowest BCUT2D eigenvalue weighted by atomic mass is 10.2. The summed E-state index contributed by atoms with van der Waals surface area (Å²) < 4.78 is 5.01. The Labute approximate surface area is 72.0 Å². The first-order valence-corrected chi connectivity index (χ1v) is 3.82. The van der Waals surface area contributed by atoms with Gasteiger partial charge in [-0.3, -0.25) is 0 Å². The molecule has 2 atom stereocenters. The molecule has 1 saturated carbocycles. The summed E-state index contributed by atoms with van der Waals surface area (Å²) in [6.45, 7) is 7.45. The van der Waals surface area contributed by atoms with Crippen LogP contribution in [0.4, 0.5) is 0 Å². The quantitative estimate of drug-likeness (QED) is 0.398. The van der Waals surface area contributed by atoms with Gasteiger partial charge in [-0.2, -0.15) is 0 Å². The lowest BCUT2D eigenvalue weighted by molar-refractivity contribution is 0.252. The average molecular weight is 174 g/mol. The summed E-state index contributed by atoms with van der Waals surface area (Å²) in [6.07, 6.45) is 2.78. The molecule has 0 radical (unpaired) electrons. The van der Waals surface area contributed by atoms with Gasteiger partial charge in [0.2, 0.25) is 0 Å². The first kappa shape index (κ1) is 8.62. The van der Waals surface area contributed by atoms with Gasteiger partial charge in [-0.1, -0.05) is 12.7 Å². The maximum Gasteiger partial charge on any atom is 0.110 e. The monoisotopic (exact) mass is 173 g/mol. The van der Waals surface area contributed by atoms with Gasteiger partial charge in [0.15, 0.2) is 0 Å². The summed E-state index contributed by atoms with van der Waals surface area (Å²) in [6, 6.07) is 0. The van der Waals surface area contributed by atoms with Gasteiger partial charge in [-0.05, 0) is 18.2 Å². The molecule has 1 N–H and O–H groups in total. The van der Waals surface area contributed by atoms with Gasteiger partial charge in [0, 0.05) is 5.92 Å². The molecule has 0 aromatic rings. The topological polar surface area (TPSA) is 21.3 Å². The van der Waals surface area contributed by atoms with Crippen LogP contribution in [-0.2, 0) is 4.74 Å². The minimum absolute atomic E-state index is 0.252. The predicted octanol–water partition coefficient (Wildman–Crippen LogP) is 1.83. The molecule has 3 heteroatoms. The third kappa shape index (κ3) is 1.17. The van der Waals surface area contributed by atoms with Crippen LogP contribution in [0.2, 0.25) is 0 Å². The Kier molecular flexibility index (Phi) is 2.25. The summed E-state index contributed by atoms with van der Waals surface area (Å²) in [5, 5.41) is 0. The second kappa shape index (κ2) is 2.88. The molecule has 0 heterocycles. The molecule has 1 aliphatic carbocycles. The van der Waals surface area contributed by atoms with Crippen molar-refractivity contribution < 1.29 is 4.74 Å². The fraction of sp³-hybridized carbons (Fsp3) is 0.500. The second-order valence-electron chi connectivity index (χ2n) is 2.74. The molecule has 0 aliphatic heterocycles. The van der Waals surface area contributed by atoms with Crippen molar-refractivity contribution in [3.05, 3.63) is 25.0 Å². The molecule has 0 bridgehead atoms. The average Bonchev–Trinajstić information content (AvgIpc) is 2.78. The Morgan fingerprint density at radius 1 is 1.91 bits per heavy atom. The summed E-state index contributed by atoms with van der Waals surface area (Å²) >= 11 is 5.56. The molecule has 1 rings (SSSR count). The van der Waals surface area contributed by atoms with Crippen molar-refractivity contribution in [1.29, 1.82) is 0 Å². The van der Waals surface area contributed by atoms with Crippen LogP contribution in [0.1, 0.15) is 6.42 Å². The highest BCUT2D eigenvalue weighted by atomic mass is 35.5. The molecule has 0 spiro atoms. The standard InChI is InChI=1S/C8H12ClNO/c1-4-7-5-8(7,10-9)6(2)11-3/h4,7,10H,1-2,5H2,3H3/t7-,8?/m1/s1. The van der Waals surface area contributed by atoms with Crippen LogP contribution in [0.25, 0.3) is 0 Å². The number of rotatable bonds is 4. The number of hydrogen-bond donors (Lipinski definition) is 1. The lowest BCUT2D eigenvalue weighted by Gasteiger charge is -2.15. The maximum atomic E-state index is 5.56. The molecule has 1 unspecified atom stereocenters. The SMILES string of the molecule is C=C[C@@H]1CC1(NCl)C(=C)OC. The number of halogens is 1. The van der Waals surface area contributed by atoms with Crippen molar-refractivity contribution in [2.45, 2.75) is 12.0 Å². The maximum absolute atomic E-state index is 5.56. The van der Waals surface area contributed by atoms with Gasteiger partial charge in [0.1, 0.15) is 5.76 Å². The normalized spacial score (nSPS) is 34.5. The van der Waals surface area contributed by atoms with E-state index in [0.717, 1.165) is 6.42 Å². The highest BCUT2D eigenvalue weighted by Crippen LogP contribution is 2.49. The van der Waals surface area contributed by atoms with E-state index < -0.39 is 0 Å². The smallest absolute Gasteiger partial charge is 0.110 e. The summed E-state index contributed by atoms with van der Waals surface area (Å²) in [5.74, 6) is 1.03.